The van der Waals surface area contributed by atoms with Gasteiger partial charge in [0.15, 0.2) is 5.78 Å². The van der Waals surface area contributed by atoms with E-state index in [-0.39, 0.29) is 30.6 Å². The van der Waals surface area contributed by atoms with E-state index in [1.54, 1.807) is 0 Å². The Morgan fingerprint density at radius 2 is 1.86 bits per heavy atom. The lowest BCUT2D eigenvalue weighted by Crippen LogP contribution is -2.31. The first-order chi connectivity index (χ1) is 13.1. The van der Waals surface area contributed by atoms with Crippen molar-refractivity contribution in [3.63, 3.8) is 0 Å². The van der Waals surface area contributed by atoms with E-state index in [0.29, 0.717) is 19.5 Å². The summed E-state index contributed by atoms with van der Waals surface area (Å²) < 4.78 is 2.04. The highest BCUT2D eigenvalue weighted by Gasteiger charge is 2.26. The fraction of sp³-hybridized carbons (Fsp3) is 0.348. The fourth-order valence-electron chi connectivity index (χ4n) is 4.10. The number of halogens is 2. The van der Waals surface area contributed by atoms with Crippen LogP contribution in [-0.2, 0) is 19.5 Å². The Morgan fingerprint density at radius 1 is 1.10 bits per heavy atom. The summed E-state index contributed by atoms with van der Waals surface area (Å²) in [6.45, 7) is 3.72. The van der Waals surface area contributed by atoms with Crippen LogP contribution < -0.4 is 5.32 Å². The number of aryl methyl sites for hydroxylation is 2. The van der Waals surface area contributed by atoms with Gasteiger partial charge >= 0.3 is 0 Å². The first kappa shape index (κ1) is 23.4. The van der Waals surface area contributed by atoms with Crippen LogP contribution in [0.25, 0.3) is 10.9 Å². The van der Waals surface area contributed by atoms with Crippen molar-refractivity contribution in [2.75, 3.05) is 6.54 Å². The molecule has 0 radical (unpaired) electrons. The number of carbonyl (C=O) groups excluding carboxylic acids is 1. The van der Waals surface area contributed by atoms with Crippen LogP contribution in [0.3, 0.4) is 0 Å². The molecule has 1 aliphatic carbocycles. The van der Waals surface area contributed by atoms with Gasteiger partial charge in [-0.1, -0.05) is 42.0 Å². The first-order valence-corrected chi connectivity index (χ1v) is 9.71. The molecule has 0 fully saturated rings. The zero-order valence-corrected chi connectivity index (χ0v) is 18.2. The summed E-state index contributed by atoms with van der Waals surface area (Å²) in [7, 11) is 0. The number of carbonyl (C=O) groups is 1. The monoisotopic (exact) mass is 434 g/mol. The van der Waals surface area contributed by atoms with Crippen LogP contribution in [0.2, 0.25) is 0 Å². The maximum absolute atomic E-state index is 12.6. The molecule has 4 nitrogen and oxygen atoms in total. The molecule has 1 atom stereocenters. The van der Waals surface area contributed by atoms with E-state index >= 15 is 0 Å². The molecule has 1 aliphatic rings. The van der Waals surface area contributed by atoms with E-state index in [1.807, 2.05) is 22.8 Å². The SMILES string of the molecule is Cc1ccc2c(c1)c1c(n2CC(O)CNCc2ccccc2)C(=O)CCC1.Cl.Cl. The van der Waals surface area contributed by atoms with Gasteiger partial charge in [-0.3, -0.25) is 4.79 Å². The molecule has 0 saturated heterocycles. The third kappa shape index (κ3) is 5.01. The third-order valence-electron chi connectivity index (χ3n) is 5.36. The van der Waals surface area contributed by atoms with Gasteiger partial charge in [-0.2, -0.15) is 0 Å². The molecule has 1 unspecified atom stereocenters. The molecular weight excluding hydrogens is 407 g/mol. The van der Waals surface area contributed by atoms with Crippen LogP contribution in [0.4, 0.5) is 0 Å². The van der Waals surface area contributed by atoms with Gasteiger partial charge in [0, 0.05) is 30.4 Å². The Morgan fingerprint density at radius 3 is 2.62 bits per heavy atom. The minimum atomic E-state index is -0.551. The van der Waals surface area contributed by atoms with Crippen LogP contribution >= 0.6 is 24.8 Å². The molecule has 2 N–H and O–H groups in total. The van der Waals surface area contributed by atoms with E-state index in [4.69, 9.17) is 0 Å². The topological polar surface area (TPSA) is 54.3 Å². The van der Waals surface area contributed by atoms with Gasteiger partial charge in [0.2, 0.25) is 0 Å². The molecule has 1 heterocycles. The van der Waals surface area contributed by atoms with E-state index in [1.165, 1.54) is 16.5 Å². The number of fused-ring (bicyclic) bond motifs is 3. The summed E-state index contributed by atoms with van der Waals surface area (Å²) >= 11 is 0. The minimum absolute atomic E-state index is 0. The van der Waals surface area contributed by atoms with Crippen LogP contribution in [0.5, 0.6) is 0 Å². The Labute approximate surface area is 184 Å². The number of hydrogen-bond acceptors (Lipinski definition) is 3. The highest BCUT2D eigenvalue weighted by Crippen LogP contribution is 2.33. The van der Waals surface area contributed by atoms with Crippen LogP contribution in [-0.4, -0.2) is 28.1 Å². The normalized spacial score (nSPS) is 14.1. The molecule has 2 aromatic carbocycles. The van der Waals surface area contributed by atoms with E-state index in [0.717, 1.165) is 36.2 Å². The number of ketones is 1. The second kappa shape index (κ2) is 10.3. The molecule has 4 rings (SSSR count). The number of aliphatic hydroxyl groups is 1. The molecule has 3 aromatic rings. The molecule has 156 valence electrons. The zero-order chi connectivity index (χ0) is 18.8. The molecule has 1 aromatic heterocycles. The lowest BCUT2D eigenvalue weighted by atomic mass is 9.94. The molecular formula is C23H28Cl2N2O2. The van der Waals surface area contributed by atoms with Crippen molar-refractivity contribution in [2.24, 2.45) is 0 Å². The first-order valence-electron chi connectivity index (χ1n) is 9.71. The summed E-state index contributed by atoms with van der Waals surface area (Å²) in [5.74, 6) is 0.203. The Kier molecular flexibility index (Phi) is 8.29. The zero-order valence-electron chi connectivity index (χ0n) is 16.6. The van der Waals surface area contributed by atoms with Crippen molar-refractivity contribution in [3.05, 3.63) is 70.9 Å². The van der Waals surface area contributed by atoms with E-state index in [9.17, 15) is 9.90 Å². The number of nitrogens with zero attached hydrogens (tertiary/aromatic N) is 1. The summed E-state index contributed by atoms with van der Waals surface area (Å²) in [4.78, 5) is 12.6. The average Bonchev–Trinajstić information content (AvgIpc) is 2.97. The number of Topliss-reactive ketones (excluding diaryl/α,β-unsaturated/α-hetero) is 1. The van der Waals surface area contributed by atoms with E-state index < -0.39 is 6.10 Å². The molecule has 0 saturated carbocycles. The van der Waals surface area contributed by atoms with Gasteiger partial charge in [0.1, 0.15) is 0 Å². The van der Waals surface area contributed by atoms with Gasteiger partial charge in [-0.15, -0.1) is 24.8 Å². The largest absolute Gasteiger partial charge is 0.390 e. The number of benzene rings is 2. The van der Waals surface area contributed by atoms with Crippen molar-refractivity contribution in [1.29, 1.82) is 0 Å². The number of hydrogen-bond donors (Lipinski definition) is 2. The molecule has 29 heavy (non-hydrogen) atoms. The fourth-order valence-corrected chi connectivity index (χ4v) is 4.10. The minimum Gasteiger partial charge on any atom is -0.390 e. The van der Waals surface area contributed by atoms with Crippen molar-refractivity contribution in [2.45, 2.75) is 45.4 Å². The maximum Gasteiger partial charge on any atom is 0.179 e. The van der Waals surface area contributed by atoms with Gasteiger partial charge in [0.25, 0.3) is 0 Å². The number of aromatic nitrogens is 1. The quantitative estimate of drug-likeness (QED) is 0.601. The predicted octanol–water partition coefficient (Wildman–Crippen LogP) is 4.46. The predicted molar refractivity (Wildman–Crippen MR) is 123 cm³/mol. The highest BCUT2D eigenvalue weighted by atomic mass is 35.5. The van der Waals surface area contributed by atoms with Crippen molar-refractivity contribution < 1.29 is 9.90 Å². The molecule has 0 spiro atoms. The summed E-state index contributed by atoms with van der Waals surface area (Å²) in [6.07, 6.45) is 1.91. The number of rotatable bonds is 6. The third-order valence-corrected chi connectivity index (χ3v) is 5.36. The van der Waals surface area contributed by atoms with Crippen LogP contribution in [0.1, 0.15) is 40.0 Å². The maximum atomic E-state index is 12.6. The lowest BCUT2D eigenvalue weighted by molar-refractivity contribution is 0.0956. The van der Waals surface area contributed by atoms with Crippen molar-refractivity contribution in [3.8, 4) is 0 Å². The smallest absolute Gasteiger partial charge is 0.179 e. The molecule has 6 heteroatoms. The molecule has 0 amide bonds. The van der Waals surface area contributed by atoms with E-state index in [2.05, 4.69) is 42.6 Å². The number of nitrogens with one attached hydrogen (secondary N) is 1. The summed E-state index contributed by atoms with van der Waals surface area (Å²) in [5.41, 5.74) is 5.42. The second-order valence-electron chi connectivity index (χ2n) is 7.51. The van der Waals surface area contributed by atoms with Crippen LogP contribution in [0, 0.1) is 6.92 Å². The Bertz CT molecular complexity index is 970. The Balaban J connectivity index is 0.00000150. The standard InChI is InChI=1S/C23H26N2O2.2ClH/c1-16-10-11-21-20(12-16)19-8-5-9-22(27)23(19)25(21)15-18(26)14-24-13-17-6-3-2-4-7-17;;/h2-4,6-7,10-12,18,24,26H,5,8-9,13-15H2,1H3;2*1H. The van der Waals surface area contributed by atoms with Crippen LogP contribution in [0.15, 0.2) is 48.5 Å². The van der Waals surface area contributed by atoms with Gasteiger partial charge in [-0.05, 0) is 43.0 Å². The van der Waals surface area contributed by atoms with Crippen molar-refractivity contribution >= 4 is 41.5 Å². The number of aliphatic hydroxyl groups excluding tert-OH is 1. The average molecular weight is 435 g/mol. The highest BCUT2D eigenvalue weighted by molar-refractivity contribution is 6.04. The summed E-state index contributed by atoms with van der Waals surface area (Å²) in [6, 6.07) is 16.5. The van der Waals surface area contributed by atoms with Gasteiger partial charge in [0.05, 0.1) is 18.3 Å². The summed E-state index contributed by atoms with van der Waals surface area (Å²) in [5, 5.41) is 15.1. The lowest BCUT2D eigenvalue weighted by Gasteiger charge is -2.18. The van der Waals surface area contributed by atoms with Crippen molar-refractivity contribution in [1.82, 2.24) is 9.88 Å². The molecule has 0 aliphatic heterocycles. The second-order valence-corrected chi connectivity index (χ2v) is 7.51. The van der Waals surface area contributed by atoms with Gasteiger partial charge in [-0.25, -0.2) is 0 Å². The molecule has 0 bridgehead atoms. The Hall–Kier alpha value is -1.85. The van der Waals surface area contributed by atoms with Gasteiger partial charge < -0.3 is 15.0 Å².